The molecule has 9 nitrogen and oxygen atoms in total. The van der Waals surface area contributed by atoms with Crippen LogP contribution < -0.4 is 10.1 Å². The van der Waals surface area contributed by atoms with Crippen molar-refractivity contribution in [3.05, 3.63) is 77.7 Å². The first-order valence-corrected chi connectivity index (χ1v) is 11.5. The van der Waals surface area contributed by atoms with Crippen LogP contribution in [0, 0.1) is 6.92 Å². The number of carbonyl (C=O) groups is 2. The topological polar surface area (TPSA) is 101 Å². The van der Waals surface area contributed by atoms with Gasteiger partial charge in [0.25, 0.3) is 5.91 Å². The molecule has 2 aromatic carbocycles. The Labute approximate surface area is 202 Å². The third kappa shape index (κ3) is 5.20. The number of para-hydroxylation sites is 2. The predicted molar refractivity (Wildman–Crippen MR) is 129 cm³/mol. The fraction of sp³-hybridized carbons (Fsp3) is 0.269. The number of aryl methyl sites for hydroxylation is 1. The van der Waals surface area contributed by atoms with Crippen molar-refractivity contribution in [2.24, 2.45) is 0 Å². The van der Waals surface area contributed by atoms with Crippen molar-refractivity contribution in [1.29, 1.82) is 0 Å². The fourth-order valence-corrected chi connectivity index (χ4v) is 4.15. The molecule has 1 fully saturated rings. The second-order valence-corrected chi connectivity index (χ2v) is 8.45. The molecule has 0 radical (unpaired) electrons. The van der Waals surface area contributed by atoms with Crippen molar-refractivity contribution in [3.8, 4) is 5.75 Å². The number of nitrogens with zero attached hydrogens (tertiary/aromatic N) is 3. The van der Waals surface area contributed by atoms with E-state index in [9.17, 15) is 9.59 Å². The van der Waals surface area contributed by atoms with Gasteiger partial charge in [0.2, 0.25) is 5.91 Å². The quantitative estimate of drug-likeness (QED) is 0.436. The van der Waals surface area contributed by atoms with Gasteiger partial charge in [-0.15, -0.1) is 0 Å². The largest absolute Gasteiger partial charge is 0.489 e. The highest BCUT2D eigenvalue weighted by molar-refractivity contribution is 5.99. The van der Waals surface area contributed by atoms with Crippen molar-refractivity contribution >= 4 is 28.6 Å². The molecule has 1 N–H and O–H groups in total. The van der Waals surface area contributed by atoms with Crippen LogP contribution in [-0.4, -0.2) is 59.5 Å². The molecule has 0 spiro atoms. The highest BCUT2D eigenvalue weighted by Gasteiger charge is 2.29. The van der Waals surface area contributed by atoms with Gasteiger partial charge in [0, 0.05) is 43.2 Å². The molecule has 0 atom stereocenters. The van der Waals surface area contributed by atoms with E-state index in [4.69, 9.17) is 13.7 Å². The summed E-state index contributed by atoms with van der Waals surface area (Å²) in [5.41, 5.74) is 1.39. The molecule has 9 heteroatoms. The summed E-state index contributed by atoms with van der Waals surface area (Å²) in [6.07, 6.45) is 0. The molecule has 0 aliphatic carbocycles. The van der Waals surface area contributed by atoms with E-state index >= 15 is 0 Å². The Bertz CT molecular complexity index is 1320. The summed E-state index contributed by atoms with van der Waals surface area (Å²) in [6, 6.07) is 18.7. The summed E-state index contributed by atoms with van der Waals surface area (Å²) in [6.45, 7) is 4.34. The maximum absolute atomic E-state index is 13.4. The average molecular weight is 475 g/mol. The minimum atomic E-state index is -0.171. The number of anilines is 1. The number of fused-ring (bicyclic) bond motifs is 1. The normalized spacial score (nSPS) is 14.3. The summed E-state index contributed by atoms with van der Waals surface area (Å²) >= 11 is 0. The van der Waals surface area contributed by atoms with Crippen LogP contribution in [-0.2, 0) is 11.4 Å². The summed E-state index contributed by atoms with van der Waals surface area (Å²) in [4.78, 5) is 29.5. The summed E-state index contributed by atoms with van der Waals surface area (Å²) in [5.74, 6) is 1.72. The molecule has 35 heavy (non-hydrogen) atoms. The molecule has 2 amide bonds. The lowest BCUT2D eigenvalue weighted by molar-refractivity contribution is -0.117. The number of benzene rings is 2. The molecular weight excluding hydrogens is 448 g/mol. The number of amides is 2. The Kier molecular flexibility index (Phi) is 6.49. The van der Waals surface area contributed by atoms with Crippen LogP contribution >= 0.6 is 0 Å². The lowest BCUT2D eigenvalue weighted by atomic mass is 10.1. The number of furan rings is 1. The number of piperazine rings is 1. The van der Waals surface area contributed by atoms with Crippen molar-refractivity contribution in [2.75, 3.05) is 38.0 Å². The lowest BCUT2D eigenvalue weighted by Crippen LogP contribution is -2.50. The van der Waals surface area contributed by atoms with E-state index in [0.717, 1.165) is 16.7 Å². The molecule has 3 heterocycles. The van der Waals surface area contributed by atoms with Gasteiger partial charge in [-0.05, 0) is 25.1 Å². The van der Waals surface area contributed by atoms with E-state index in [-0.39, 0.29) is 25.0 Å². The van der Waals surface area contributed by atoms with Gasteiger partial charge in [0.15, 0.2) is 11.6 Å². The second-order valence-electron chi connectivity index (χ2n) is 8.45. The third-order valence-corrected chi connectivity index (χ3v) is 5.94. The molecule has 0 saturated carbocycles. The van der Waals surface area contributed by atoms with E-state index < -0.39 is 0 Å². The Morgan fingerprint density at radius 1 is 1.03 bits per heavy atom. The van der Waals surface area contributed by atoms with Crippen LogP contribution in [0.25, 0.3) is 11.0 Å². The van der Waals surface area contributed by atoms with Crippen LogP contribution in [0.5, 0.6) is 5.75 Å². The first-order chi connectivity index (χ1) is 17.1. The summed E-state index contributed by atoms with van der Waals surface area (Å²) < 4.78 is 16.9. The van der Waals surface area contributed by atoms with Gasteiger partial charge in [-0.2, -0.15) is 0 Å². The Hall–Kier alpha value is -4.11. The molecule has 5 rings (SSSR count). The molecule has 2 aromatic heterocycles. The molecule has 1 aliphatic rings. The fourth-order valence-electron chi connectivity index (χ4n) is 4.15. The first-order valence-electron chi connectivity index (χ1n) is 11.5. The van der Waals surface area contributed by atoms with Gasteiger partial charge in [0.1, 0.15) is 23.7 Å². The zero-order valence-corrected chi connectivity index (χ0v) is 19.4. The van der Waals surface area contributed by atoms with Gasteiger partial charge in [-0.3, -0.25) is 14.5 Å². The number of hydrogen-bond donors (Lipinski definition) is 1. The zero-order chi connectivity index (χ0) is 24.2. The minimum absolute atomic E-state index is 0.171. The van der Waals surface area contributed by atoms with Crippen LogP contribution in [0.15, 0.2) is 69.6 Å². The maximum atomic E-state index is 13.4. The number of nitrogens with one attached hydrogen (secondary N) is 1. The summed E-state index contributed by atoms with van der Waals surface area (Å²) in [7, 11) is 0. The van der Waals surface area contributed by atoms with Crippen LogP contribution in [0.3, 0.4) is 0 Å². The molecule has 1 aliphatic heterocycles. The number of carbonyl (C=O) groups excluding carboxylic acids is 2. The second kappa shape index (κ2) is 10.0. The van der Waals surface area contributed by atoms with Crippen molar-refractivity contribution in [2.45, 2.75) is 13.5 Å². The van der Waals surface area contributed by atoms with E-state index in [0.29, 0.717) is 49.1 Å². The number of ether oxygens (including phenoxy) is 1. The highest BCUT2D eigenvalue weighted by Crippen LogP contribution is 2.28. The average Bonchev–Trinajstić information content (AvgIpc) is 3.46. The standard InChI is InChI=1S/C26H26N4O5/c1-18-15-23(28-35-18)27-24(31)16-29-11-13-30(14-12-29)26(32)25-21(17-33-19-7-3-2-4-8-19)20-9-5-6-10-22(20)34-25/h2-10,15H,11-14,16-17H2,1H3,(H,27,28,31). The van der Waals surface area contributed by atoms with Crippen molar-refractivity contribution < 1.29 is 23.3 Å². The molecule has 1 saturated heterocycles. The predicted octanol–water partition coefficient (Wildman–Crippen LogP) is 3.70. The van der Waals surface area contributed by atoms with Crippen molar-refractivity contribution in [3.63, 3.8) is 0 Å². The van der Waals surface area contributed by atoms with Crippen molar-refractivity contribution in [1.82, 2.24) is 15.0 Å². The maximum Gasteiger partial charge on any atom is 0.290 e. The Balaban J connectivity index is 1.23. The third-order valence-electron chi connectivity index (χ3n) is 5.94. The zero-order valence-electron chi connectivity index (χ0n) is 19.4. The van der Waals surface area contributed by atoms with Gasteiger partial charge < -0.3 is 23.9 Å². The molecule has 0 unspecified atom stereocenters. The molecule has 180 valence electrons. The van der Waals surface area contributed by atoms with E-state index in [1.807, 2.05) is 59.5 Å². The van der Waals surface area contributed by atoms with Crippen LogP contribution in [0.4, 0.5) is 5.82 Å². The lowest BCUT2D eigenvalue weighted by Gasteiger charge is -2.33. The van der Waals surface area contributed by atoms with Gasteiger partial charge in [0.05, 0.1) is 6.54 Å². The highest BCUT2D eigenvalue weighted by atomic mass is 16.5. The van der Waals surface area contributed by atoms with Gasteiger partial charge >= 0.3 is 0 Å². The molecule has 4 aromatic rings. The van der Waals surface area contributed by atoms with E-state index in [1.54, 1.807) is 17.9 Å². The van der Waals surface area contributed by atoms with E-state index in [2.05, 4.69) is 10.5 Å². The molecule has 0 bridgehead atoms. The van der Waals surface area contributed by atoms with Crippen LogP contribution in [0.1, 0.15) is 21.9 Å². The minimum Gasteiger partial charge on any atom is -0.489 e. The van der Waals surface area contributed by atoms with Crippen LogP contribution in [0.2, 0.25) is 0 Å². The number of aromatic nitrogens is 1. The van der Waals surface area contributed by atoms with Gasteiger partial charge in [-0.1, -0.05) is 41.6 Å². The Morgan fingerprint density at radius 3 is 2.51 bits per heavy atom. The van der Waals surface area contributed by atoms with Gasteiger partial charge in [-0.25, -0.2) is 0 Å². The number of hydrogen-bond acceptors (Lipinski definition) is 7. The molecular formula is C26H26N4O5. The SMILES string of the molecule is Cc1cc(NC(=O)CN2CCN(C(=O)c3oc4ccccc4c3COc3ccccc3)CC2)no1. The summed E-state index contributed by atoms with van der Waals surface area (Å²) in [5, 5.41) is 7.37. The number of rotatable bonds is 7. The Morgan fingerprint density at radius 2 is 1.77 bits per heavy atom. The monoisotopic (exact) mass is 474 g/mol. The van der Waals surface area contributed by atoms with E-state index in [1.165, 1.54) is 0 Å². The smallest absolute Gasteiger partial charge is 0.290 e. The first kappa shape index (κ1) is 22.7.